The first-order valence-corrected chi connectivity index (χ1v) is 6.46. The maximum atomic E-state index is 10.9. The van der Waals surface area contributed by atoms with E-state index < -0.39 is 4.92 Å². The molecule has 0 radical (unpaired) electrons. The van der Waals surface area contributed by atoms with Crippen LogP contribution in [0, 0.1) is 10.1 Å². The minimum atomic E-state index is -0.408. The summed E-state index contributed by atoms with van der Waals surface area (Å²) in [5, 5.41) is 14.4. The van der Waals surface area contributed by atoms with Gasteiger partial charge in [-0.2, -0.15) is 11.8 Å². The summed E-state index contributed by atoms with van der Waals surface area (Å²) in [4.78, 5) is 10.5. The molecule has 0 fully saturated rings. The third-order valence-corrected chi connectivity index (χ3v) is 3.36. The first-order valence-electron chi connectivity index (χ1n) is 5.17. The Balaban J connectivity index is 2.87. The summed E-state index contributed by atoms with van der Waals surface area (Å²) in [5.41, 5.74) is 0.564. The Morgan fingerprint density at radius 1 is 1.59 bits per heavy atom. The van der Waals surface area contributed by atoms with Gasteiger partial charge in [0.15, 0.2) is 0 Å². The van der Waals surface area contributed by atoms with E-state index in [0.717, 1.165) is 0 Å². The van der Waals surface area contributed by atoms with Crippen molar-refractivity contribution in [1.29, 1.82) is 0 Å². The van der Waals surface area contributed by atoms with Crippen LogP contribution in [0.4, 0.5) is 11.4 Å². The van der Waals surface area contributed by atoms with E-state index in [-0.39, 0.29) is 5.69 Å². The summed E-state index contributed by atoms with van der Waals surface area (Å²) in [6.45, 7) is 2.75. The topological polar surface area (TPSA) is 64.4 Å². The van der Waals surface area contributed by atoms with Crippen LogP contribution in [0.25, 0.3) is 0 Å². The number of nitrogens with one attached hydrogen (secondary N) is 1. The van der Waals surface area contributed by atoms with Crippen molar-refractivity contribution in [1.82, 2.24) is 0 Å². The summed E-state index contributed by atoms with van der Waals surface area (Å²) in [6.07, 6.45) is 2.01. The molecule has 0 amide bonds. The fourth-order valence-corrected chi connectivity index (χ4v) is 1.53. The van der Waals surface area contributed by atoms with Crippen LogP contribution in [0.2, 0.25) is 0 Å². The second-order valence-corrected chi connectivity index (χ2v) is 4.84. The fourth-order valence-electron chi connectivity index (χ4n) is 1.28. The normalized spacial score (nSPS) is 11.9. The smallest absolute Gasteiger partial charge is 0.296 e. The number of nitrogens with zero attached hydrogens (tertiary/aromatic N) is 1. The average Bonchev–Trinajstić information content (AvgIpc) is 2.35. The molecule has 0 saturated carbocycles. The molecule has 1 aromatic carbocycles. The van der Waals surface area contributed by atoms with Gasteiger partial charge in [-0.25, -0.2) is 0 Å². The molecule has 5 nitrogen and oxygen atoms in total. The fraction of sp³-hybridized carbons (Fsp3) is 0.455. The van der Waals surface area contributed by atoms with E-state index in [1.54, 1.807) is 23.9 Å². The van der Waals surface area contributed by atoms with Crippen LogP contribution >= 0.6 is 11.8 Å². The van der Waals surface area contributed by atoms with Crippen molar-refractivity contribution in [3.05, 3.63) is 28.3 Å². The van der Waals surface area contributed by atoms with Gasteiger partial charge in [-0.3, -0.25) is 10.1 Å². The van der Waals surface area contributed by atoms with Crippen molar-refractivity contribution in [2.75, 3.05) is 25.2 Å². The van der Waals surface area contributed by atoms with Crippen LogP contribution in [-0.4, -0.2) is 30.1 Å². The van der Waals surface area contributed by atoms with E-state index in [0.29, 0.717) is 23.2 Å². The monoisotopic (exact) mass is 256 g/mol. The molecule has 1 rings (SSSR count). The number of ether oxygens (including phenoxy) is 1. The number of thioether (sulfide) groups is 1. The van der Waals surface area contributed by atoms with Gasteiger partial charge in [0.05, 0.1) is 18.1 Å². The number of nitro benzene ring substituents is 1. The summed E-state index contributed by atoms with van der Waals surface area (Å²) in [7, 11) is 1.49. The number of nitro groups is 1. The number of hydrogen-bond donors (Lipinski definition) is 1. The Bertz CT molecular complexity index is 398. The Labute approximate surface area is 105 Å². The van der Waals surface area contributed by atoms with Crippen molar-refractivity contribution in [2.24, 2.45) is 0 Å². The molecule has 0 aromatic heterocycles. The minimum absolute atomic E-state index is 0.0395. The molecule has 0 aliphatic heterocycles. The zero-order chi connectivity index (χ0) is 12.8. The summed E-state index contributed by atoms with van der Waals surface area (Å²) >= 11 is 1.71. The molecule has 17 heavy (non-hydrogen) atoms. The highest BCUT2D eigenvalue weighted by Crippen LogP contribution is 2.29. The van der Waals surface area contributed by atoms with Gasteiger partial charge in [-0.05, 0) is 18.4 Å². The number of hydrogen-bond acceptors (Lipinski definition) is 5. The minimum Gasteiger partial charge on any atom is -0.496 e. The largest absolute Gasteiger partial charge is 0.496 e. The summed E-state index contributed by atoms with van der Waals surface area (Å²) in [5.74, 6) is 0.486. The van der Waals surface area contributed by atoms with Crippen molar-refractivity contribution in [3.8, 4) is 5.75 Å². The lowest BCUT2D eigenvalue weighted by Crippen LogP contribution is -2.13. The highest BCUT2D eigenvalue weighted by molar-refractivity contribution is 7.99. The zero-order valence-corrected chi connectivity index (χ0v) is 10.9. The van der Waals surface area contributed by atoms with Gasteiger partial charge in [0.1, 0.15) is 11.4 Å². The maximum absolute atomic E-state index is 10.9. The highest BCUT2D eigenvalue weighted by Gasteiger charge is 2.15. The van der Waals surface area contributed by atoms with Gasteiger partial charge >= 0.3 is 0 Å². The third kappa shape index (κ3) is 3.81. The summed E-state index contributed by atoms with van der Waals surface area (Å²) in [6, 6.07) is 4.80. The lowest BCUT2D eigenvalue weighted by molar-refractivity contribution is -0.384. The molecule has 0 spiro atoms. The van der Waals surface area contributed by atoms with Crippen LogP contribution in [0.1, 0.15) is 6.92 Å². The van der Waals surface area contributed by atoms with Gasteiger partial charge in [0.2, 0.25) is 0 Å². The summed E-state index contributed by atoms with van der Waals surface area (Å²) < 4.78 is 4.97. The molecular weight excluding hydrogens is 240 g/mol. The molecule has 0 aliphatic rings. The molecule has 6 heteroatoms. The van der Waals surface area contributed by atoms with E-state index in [9.17, 15) is 10.1 Å². The second-order valence-electron chi connectivity index (χ2n) is 3.57. The SMILES string of the molecule is COc1ccc(NCC(C)SC)c([N+](=O)[O-])c1. The molecule has 94 valence electrons. The van der Waals surface area contributed by atoms with E-state index in [1.807, 2.05) is 6.26 Å². The van der Waals surface area contributed by atoms with Gasteiger partial charge in [-0.1, -0.05) is 6.92 Å². The molecule has 1 unspecified atom stereocenters. The Hall–Kier alpha value is -1.43. The van der Waals surface area contributed by atoms with Crippen LogP contribution in [0.3, 0.4) is 0 Å². The Morgan fingerprint density at radius 2 is 2.29 bits per heavy atom. The Morgan fingerprint density at radius 3 is 2.82 bits per heavy atom. The first kappa shape index (κ1) is 13.6. The number of rotatable bonds is 6. The van der Waals surface area contributed by atoms with Crippen LogP contribution in [0.15, 0.2) is 18.2 Å². The third-order valence-electron chi connectivity index (χ3n) is 2.38. The van der Waals surface area contributed by atoms with E-state index in [1.165, 1.54) is 13.2 Å². The standard InChI is InChI=1S/C11H16N2O3S/c1-8(17-3)7-12-10-5-4-9(16-2)6-11(10)13(14)15/h4-6,8,12H,7H2,1-3H3. The number of methoxy groups -OCH3 is 1. The van der Waals surface area contributed by atoms with Crippen molar-refractivity contribution >= 4 is 23.1 Å². The van der Waals surface area contributed by atoms with Gasteiger partial charge < -0.3 is 10.1 Å². The maximum Gasteiger partial charge on any atom is 0.296 e. The van der Waals surface area contributed by atoms with Crippen molar-refractivity contribution < 1.29 is 9.66 Å². The Kier molecular flexibility index (Phi) is 5.09. The molecule has 0 bridgehead atoms. The van der Waals surface area contributed by atoms with Gasteiger partial charge in [-0.15, -0.1) is 0 Å². The molecular formula is C11H16N2O3S. The predicted octanol–water partition coefficient (Wildman–Crippen LogP) is 2.77. The molecule has 1 aromatic rings. The first-order chi connectivity index (χ1) is 8.08. The lowest BCUT2D eigenvalue weighted by atomic mass is 10.2. The van der Waals surface area contributed by atoms with E-state index >= 15 is 0 Å². The van der Waals surface area contributed by atoms with E-state index in [2.05, 4.69) is 12.2 Å². The molecule has 1 N–H and O–H groups in total. The van der Waals surface area contributed by atoms with Gasteiger partial charge in [0, 0.05) is 11.8 Å². The molecule has 0 saturated heterocycles. The van der Waals surface area contributed by atoms with Crippen LogP contribution < -0.4 is 10.1 Å². The van der Waals surface area contributed by atoms with Crippen LogP contribution in [-0.2, 0) is 0 Å². The van der Waals surface area contributed by atoms with Gasteiger partial charge in [0.25, 0.3) is 5.69 Å². The van der Waals surface area contributed by atoms with Crippen LogP contribution in [0.5, 0.6) is 5.75 Å². The van der Waals surface area contributed by atoms with Crippen molar-refractivity contribution in [3.63, 3.8) is 0 Å². The number of anilines is 1. The predicted molar refractivity (Wildman–Crippen MR) is 71.1 cm³/mol. The molecule has 0 heterocycles. The van der Waals surface area contributed by atoms with Crippen molar-refractivity contribution in [2.45, 2.75) is 12.2 Å². The lowest BCUT2D eigenvalue weighted by Gasteiger charge is -2.11. The molecule has 0 aliphatic carbocycles. The zero-order valence-electron chi connectivity index (χ0n) is 10.1. The quantitative estimate of drug-likeness (QED) is 0.626. The molecule has 1 atom stereocenters. The highest BCUT2D eigenvalue weighted by atomic mass is 32.2. The van der Waals surface area contributed by atoms with E-state index in [4.69, 9.17) is 4.74 Å². The average molecular weight is 256 g/mol. The second kappa shape index (κ2) is 6.34. The number of benzene rings is 1.